The largest absolute Gasteiger partial charge is 0.378 e. The highest BCUT2D eigenvalue weighted by molar-refractivity contribution is 7.91. The van der Waals surface area contributed by atoms with Crippen LogP contribution in [0.15, 0.2) is 4.99 Å². The molecule has 23 heavy (non-hydrogen) atoms. The highest BCUT2D eigenvalue weighted by Crippen LogP contribution is 2.30. The van der Waals surface area contributed by atoms with E-state index in [-0.39, 0.29) is 17.5 Å². The first-order valence-corrected chi connectivity index (χ1v) is 10.7. The Labute approximate surface area is 140 Å². The van der Waals surface area contributed by atoms with E-state index in [1.807, 2.05) is 0 Å². The fourth-order valence-corrected chi connectivity index (χ4v) is 5.30. The lowest BCUT2D eigenvalue weighted by Crippen LogP contribution is -2.45. The van der Waals surface area contributed by atoms with Gasteiger partial charge in [0.15, 0.2) is 15.8 Å². The maximum absolute atomic E-state index is 11.5. The van der Waals surface area contributed by atoms with Gasteiger partial charge in [-0.1, -0.05) is 12.8 Å². The highest BCUT2D eigenvalue weighted by atomic mass is 32.2. The summed E-state index contributed by atoms with van der Waals surface area (Å²) in [6, 6.07) is -0.0243. The molecule has 0 aromatic rings. The molecule has 0 aromatic carbocycles. The van der Waals surface area contributed by atoms with Crippen LogP contribution < -0.4 is 10.6 Å². The molecule has 7 heteroatoms. The monoisotopic (exact) mass is 345 g/mol. The minimum atomic E-state index is -2.87. The van der Waals surface area contributed by atoms with Crippen molar-refractivity contribution in [2.24, 2.45) is 10.9 Å². The molecule has 1 aliphatic heterocycles. The minimum absolute atomic E-state index is 0.0243. The number of ether oxygens (including phenoxy) is 1. The second-order valence-corrected chi connectivity index (χ2v) is 8.80. The van der Waals surface area contributed by atoms with E-state index in [1.165, 1.54) is 25.7 Å². The molecule has 2 atom stereocenters. The summed E-state index contributed by atoms with van der Waals surface area (Å²) in [7, 11) is -1.15. The standard InChI is InChI=1S/C16H31N3O3S/c1-3-22-15(13-6-4-5-7-13)8-10-18-16(17-2)19-14-9-11-23(20,21)12-14/h13-15H,3-12H2,1-2H3,(H2,17,18,19). The molecule has 0 radical (unpaired) electrons. The topological polar surface area (TPSA) is 79.8 Å². The quantitative estimate of drug-likeness (QED) is 0.537. The van der Waals surface area contributed by atoms with Gasteiger partial charge in [0.25, 0.3) is 0 Å². The number of rotatable bonds is 7. The number of guanidine groups is 1. The number of aliphatic imine (C=N–C) groups is 1. The molecule has 0 bridgehead atoms. The van der Waals surface area contributed by atoms with Crippen molar-refractivity contribution in [3.05, 3.63) is 0 Å². The van der Waals surface area contributed by atoms with Crippen LogP contribution in [-0.4, -0.2) is 58.2 Å². The third kappa shape index (κ3) is 5.95. The molecule has 134 valence electrons. The Balaban J connectivity index is 1.74. The Hall–Kier alpha value is -0.820. The molecule has 0 aromatic heterocycles. The van der Waals surface area contributed by atoms with Crippen LogP contribution in [0.2, 0.25) is 0 Å². The van der Waals surface area contributed by atoms with E-state index in [0.717, 1.165) is 19.6 Å². The Morgan fingerprint density at radius 2 is 2.04 bits per heavy atom. The first-order valence-electron chi connectivity index (χ1n) is 8.83. The summed E-state index contributed by atoms with van der Waals surface area (Å²) >= 11 is 0. The Kier molecular flexibility index (Phi) is 7.14. The Morgan fingerprint density at radius 1 is 1.30 bits per heavy atom. The van der Waals surface area contributed by atoms with E-state index in [4.69, 9.17) is 4.74 Å². The van der Waals surface area contributed by atoms with Crippen LogP contribution in [0, 0.1) is 5.92 Å². The first kappa shape index (κ1) is 18.5. The van der Waals surface area contributed by atoms with Crippen LogP contribution >= 0.6 is 0 Å². The summed E-state index contributed by atoms with van der Waals surface area (Å²) in [5.74, 6) is 1.85. The lowest BCUT2D eigenvalue weighted by molar-refractivity contribution is 0.0169. The van der Waals surface area contributed by atoms with E-state index in [0.29, 0.717) is 24.4 Å². The van der Waals surface area contributed by atoms with E-state index in [9.17, 15) is 8.42 Å². The van der Waals surface area contributed by atoms with Crippen LogP contribution in [0.5, 0.6) is 0 Å². The number of sulfone groups is 1. The number of hydrogen-bond acceptors (Lipinski definition) is 4. The van der Waals surface area contributed by atoms with Gasteiger partial charge in [-0.3, -0.25) is 4.99 Å². The van der Waals surface area contributed by atoms with Gasteiger partial charge in [-0.05, 0) is 38.5 Å². The van der Waals surface area contributed by atoms with Crippen molar-refractivity contribution in [2.75, 3.05) is 31.7 Å². The molecule has 2 fully saturated rings. The Morgan fingerprint density at radius 3 is 2.61 bits per heavy atom. The molecule has 0 spiro atoms. The van der Waals surface area contributed by atoms with Gasteiger partial charge < -0.3 is 15.4 Å². The van der Waals surface area contributed by atoms with Gasteiger partial charge in [-0.25, -0.2) is 8.42 Å². The van der Waals surface area contributed by atoms with Crippen LogP contribution in [0.3, 0.4) is 0 Å². The van der Waals surface area contributed by atoms with Crippen molar-refractivity contribution in [3.63, 3.8) is 0 Å². The molecular weight excluding hydrogens is 314 g/mol. The van der Waals surface area contributed by atoms with Crippen molar-refractivity contribution in [1.82, 2.24) is 10.6 Å². The molecule has 1 aliphatic carbocycles. The lowest BCUT2D eigenvalue weighted by Gasteiger charge is -2.24. The van der Waals surface area contributed by atoms with Crippen molar-refractivity contribution < 1.29 is 13.2 Å². The van der Waals surface area contributed by atoms with Gasteiger partial charge in [0, 0.05) is 26.2 Å². The zero-order valence-electron chi connectivity index (χ0n) is 14.4. The van der Waals surface area contributed by atoms with Crippen LogP contribution in [0.1, 0.15) is 45.4 Å². The fourth-order valence-electron chi connectivity index (χ4n) is 3.63. The van der Waals surface area contributed by atoms with Crippen molar-refractivity contribution in [1.29, 1.82) is 0 Å². The zero-order valence-corrected chi connectivity index (χ0v) is 15.2. The molecule has 1 saturated carbocycles. The van der Waals surface area contributed by atoms with Gasteiger partial charge in [-0.2, -0.15) is 0 Å². The lowest BCUT2D eigenvalue weighted by atomic mass is 9.98. The molecule has 6 nitrogen and oxygen atoms in total. The summed E-state index contributed by atoms with van der Waals surface area (Å²) < 4.78 is 29.0. The summed E-state index contributed by atoms with van der Waals surface area (Å²) in [4.78, 5) is 4.20. The third-order valence-electron chi connectivity index (χ3n) is 4.82. The van der Waals surface area contributed by atoms with Gasteiger partial charge in [-0.15, -0.1) is 0 Å². The summed E-state index contributed by atoms with van der Waals surface area (Å²) in [6.45, 7) is 3.60. The van der Waals surface area contributed by atoms with Gasteiger partial charge in [0.1, 0.15) is 0 Å². The Bertz CT molecular complexity index is 487. The summed E-state index contributed by atoms with van der Waals surface area (Å²) in [6.07, 6.45) is 7.13. The molecule has 2 unspecified atom stereocenters. The smallest absolute Gasteiger partial charge is 0.191 e. The highest BCUT2D eigenvalue weighted by Gasteiger charge is 2.28. The number of nitrogens with zero attached hydrogens (tertiary/aromatic N) is 1. The first-order chi connectivity index (χ1) is 11.0. The maximum Gasteiger partial charge on any atom is 0.191 e. The summed E-state index contributed by atoms with van der Waals surface area (Å²) in [5.41, 5.74) is 0. The van der Waals surface area contributed by atoms with E-state index in [2.05, 4.69) is 22.5 Å². The maximum atomic E-state index is 11.5. The predicted octanol–water partition coefficient (Wildman–Crippen LogP) is 1.32. The molecule has 2 N–H and O–H groups in total. The van der Waals surface area contributed by atoms with Crippen LogP contribution in [0.4, 0.5) is 0 Å². The SMILES string of the molecule is CCOC(CCNC(=NC)NC1CCS(=O)(=O)C1)C1CCCC1. The van der Waals surface area contributed by atoms with Gasteiger partial charge >= 0.3 is 0 Å². The molecular formula is C16H31N3O3S. The molecule has 2 rings (SSSR count). The minimum Gasteiger partial charge on any atom is -0.378 e. The fraction of sp³-hybridized carbons (Fsp3) is 0.938. The molecule has 0 amide bonds. The second-order valence-electron chi connectivity index (χ2n) is 6.57. The van der Waals surface area contributed by atoms with Gasteiger partial charge in [0.05, 0.1) is 17.6 Å². The molecule has 1 saturated heterocycles. The average Bonchev–Trinajstić information content (AvgIpc) is 3.15. The average molecular weight is 346 g/mol. The van der Waals surface area contributed by atoms with Crippen molar-refractivity contribution in [2.45, 2.75) is 57.6 Å². The molecule has 2 aliphatic rings. The number of nitrogens with one attached hydrogen (secondary N) is 2. The zero-order chi connectivity index (χ0) is 16.7. The second kappa shape index (κ2) is 8.87. The third-order valence-corrected chi connectivity index (χ3v) is 6.59. The predicted molar refractivity (Wildman–Crippen MR) is 93.5 cm³/mol. The van der Waals surface area contributed by atoms with Gasteiger partial charge in [0.2, 0.25) is 0 Å². The van der Waals surface area contributed by atoms with Crippen molar-refractivity contribution in [3.8, 4) is 0 Å². The molecule has 1 heterocycles. The van der Waals surface area contributed by atoms with E-state index >= 15 is 0 Å². The summed E-state index contributed by atoms with van der Waals surface area (Å²) in [5, 5.41) is 6.52. The normalized spacial score (nSPS) is 26.3. The van der Waals surface area contributed by atoms with Crippen LogP contribution in [0.25, 0.3) is 0 Å². The van der Waals surface area contributed by atoms with Crippen LogP contribution in [-0.2, 0) is 14.6 Å². The van der Waals surface area contributed by atoms with E-state index < -0.39 is 9.84 Å². The van der Waals surface area contributed by atoms with Crippen molar-refractivity contribution >= 4 is 15.8 Å². The van der Waals surface area contributed by atoms with E-state index in [1.54, 1.807) is 7.05 Å². The number of hydrogen-bond donors (Lipinski definition) is 2.